The van der Waals surface area contributed by atoms with Gasteiger partial charge in [-0.25, -0.2) is 9.59 Å². The quantitative estimate of drug-likeness (QED) is 0.157. The predicted molar refractivity (Wildman–Crippen MR) is 159 cm³/mol. The number of alkyl carbamates (subject to hydrolysis) is 1. The molecular weight excluding hydrogens is 538 g/mol. The van der Waals surface area contributed by atoms with Gasteiger partial charge in [0.05, 0.1) is 18.6 Å². The van der Waals surface area contributed by atoms with Crippen LogP contribution in [-0.4, -0.2) is 60.3 Å². The van der Waals surface area contributed by atoms with E-state index in [9.17, 15) is 24.3 Å². The first kappa shape index (κ1) is 33.8. The van der Waals surface area contributed by atoms with Crippen LogP contribution in [-0.2, 0) is 36.9 Å². The van der Waals surface area contributed by atoms with E-state index in [0.717, 1.165) is 11.1 Å². The molecule has 42 heavy (non-hydrogen) atoms. The minimum Gasteiger partial charge on any atom is -0.462 e. The Balaban J connectivity index is 2.05. The first-order chi connectivity index (χ1) is 20.2. The van der Waals surface area contributed by atoms with Gasteiger partial charge in [0.15, 0.2) is 0 Å². The second kappa shape index (κ2) is 18.8. The van der Waals surface area contributed by atoms with Gasteiger partial charge in [0.2, 0.25) is 11.8 Å². The number of benzene rings is 2. The number of ether oxygens (including phenoxy) is 2. The standard InChI is InChI=1S/C32H41N3O7/c1-4-12-26(19-29(37)33-23(3)20-36)30(38)34-27(18-24-14-8-6-9-15-24)22-41-31(39)28(13-5-2)35-32(40)42-21-25-16-10-7-11-17-25/h4-11,14-17,23,26-28,36H,1-2,12-13,18-22H2,3H3,(H,33,37)(H,34,38)(H,35,40)/t23-,26+,27+,28+/m0/s1. The van der Waals surface area contributed by atoms with E-state index in [2.05, 4.69) is 29.1 Å². The Morgan fingerprint density at radius 2 is 1.48 bits per heavy atom. The summed E-state index contributed by atoms with van der Waals surface area (Å²) in [7, 11) is 0. The van der Waals surface area contributed by atoms with Gasteiger partial charge >= 0.3 is 12.1 Å². The number of amides is 3. The van der Waals surface area contributed by atoms with Crippen LogP contribution in [0.1, 0.15) is 37.3 Å². The Bertz CT molecular complexity index is 1160. The molecule has 3 amide bonds. The fourth-order valence-corrected chi connectivity index (χ4v) is 4.03. The summed E-state index contributed by atoms with van der Waals surface area (Å²) in [6.45, 7) is 8.63. The van der Waals surface area contributed by atoms with E-state index in [0.29, 0.717) is 6.42 Å². The fourth-order valence-electron chi connectivity index (χ4n) is 4.03. The van der Waals surface area contributed by atoms with Crippen LogP contribution in [0.5, 0.6) is 0 Å². The summed E-state index contributed by atoms with van der Waals surface area (Å²) >= 11 is 0. The lowest BCUT2D eigenvalue weighted by molar-refractivity contribution is -0.147. The fraction of sp³-hybridized carbons (Fsp3) is 0.375. The highest BCUT2D eigenvalue weighted by atomic mass is 16.6. The molecule has 2 rings (SSSR count). The second-order valence-electron chi connectivity index (χ2n) is 9.88. The molecule has 2 aromatic carbocycles. The van der Waals surface area contributed by atoms with Gasteiger partial charge in [-0.15, -0.1) is 13.2 Å². The zero-order chi connectivity index (χ0) is 30.7. The van der Waals surface area contributed by atoms with Crippen molar-refractivity contribution in [1.29, 1.82) is 0 Å². The monoisotopic (exact) mass is 579 g/mol. The molecule has 4 N–H and O–H groups in total. The molecule has 0 aromatic heterocycles. The lowest BCUT2D eigenvalue weighted by atomic mass is 9.98. The third kappa shape index (κ3) is 12.8. The van der Waals surface area contributed by atoms with E-state index in [1.165, 1.54) is 6.08 Å². The summed E-state index contributed by atoms with van der Waals surface area (Å²) in [6, 6.07) is 16.4. The molecule has 0 bridgehead atoms. The van der Waals surface area contributed by atoms with Crippen molar-refractivity contribution >= 4 is 23.9 Å². The number of aliphatic hydroxyl groups is 1. The highest BCUT2D eigenvalue weighted by Crippen LogP contribution is 2.13. The van der Waals surface area contributed by atoms with Crippen molar-refractivity contribution in [3.63, 3.8) is 0 Å². The lowest BCUT2D eigenvalue weighted by Gasteiger charge is -2.24. The summed E-state index contributed by atoms with van der Waals surface area (Å²) < 4.78 is 10.8. The van der Waals surface area contributed by atoms with Crippen LogP contribution in [0.15, 0.2) is 86.0 Å². The molecule has 0 aliphatic rings. The van der Waals surface area contributed by atoms with E-state index >= 15 is 0 Å². The third-order valence-corrected chi connectivity index (χ3v) is 6.22. The van der Waals surface area contributed by atoms with Gasteiger partial charge in [0.25, 0.3) is 0 Å². The Labute approximate surface area is 247 Å². The van der Waals surface area contributed by atoms with Gasteiger partial charge in [-0.05, 0) is 37.3 Å². The lowest BCUT2D eigenvalue weighted by Crippen LogP contribution is -2.47. The van der Waals surface area contributed by atoms with Crippen molar-refractivity contribution in [3.05, 3.63) is 97.1 Å². The molecule has 0 unspecified atom stereocenters. The van der Waals surface area contributed by atoms with Crippen molar-refractivity contribution in [2.75, 3.05) is 13.2 Å². The number of nitrogens with one attached hydrogen (secondary N) is 3. The van der Waals surface area contributed by atoms with Crippen molar-refractivity contribution < 1.29 is 33.8 Å². The number of carbonyl (C=O) groups is 4. The zero-order valence-corrected chi connectivity index (χ0v) is 24.0. The Morgan fingerprint density at radius 3 is 2.07 bits per heavy atom. The number of esters is 1. The maximum atomic E-state index is 13.2. The summed E-state index contributed by atoms with van der Waals surface area (Å²) in [5.74, 6) is -2.19. The molecule has 0 heterocycles. The van der Waals surface area contributed by atoms with E-state index in [4.69, 9.17) is 9.47 Å². The summed E-state index contributed by atoms with van der Waals surface area (Å²) in [5.41, 5.74) is 1.70. The summed E-state index contributed by atoms with van der Waals surface area (Å²) in [6.07, 6.45) is 2.87. The topological polar surface area (TPSA) is 143 Å². The van der Waals surface area contributed by atoms with Crippen LogP contribution < -0.4 is 16.0 Å². The number of hydrogen-bond acceptors (Lipinski definition) is 7. The average molecular weight is 580 g/mol. The number of aliphatic hydroxyl groups excluding tert-OH is 1. The molecule has 10 heteroatoms. The molecule has 10 nitrogen and oxygen atoms in total. The molecule has 0 aliphatic carbocycles. The van der Waals surface area contributed by atoms with E-state index in [-0.39, 0.29) is 45.0 Å². The molecular formula is C32H41N3O7. The number of carbonyl (C=O) groups excluding carboxylic acids is 4. The van der Waals surface area contributed by atoms with Gasteiger partial charge in [-0.2, -0.15) is 0 Å². The average Bonchev–Trinajstić information content (AvgIpc) is 2.99. The van der Waals surface area contributed by atoms with Crippen LogP contribution in [0.3, 0.4) is 0 Å². The van der Waals surface area contributed by atoms with Gasteiger partial charge in [-0.3, -0.25) is 9.59 Å². The zero-order valence-electron chi connectivity index (χ0n) is 24.0. The largest absolute Gasteiger partial charge is 0.462 e. The minimum absolute atomic E-state index is 0.0382. The Hall–Kier alpha value is -4.44. The first-order valence-electron chi connectivity index (χ1n) is 13.9. The molecule has 0 saturated heterocycles. The van der Waals surface area contributed by atoms with E-state index in [1.807, 2.05) is 60.7 Å². The van der Waals surface area contributed by atoms with Gasteiger partial charge < -0.3 is 30.5 Å². The van der Waals surface area contributed by atoms with Gasteiger partial charge in [-0.1, -0.05) is 72.8 Å². The van der Waals surface area contributed by atoms with Crippen molar-refractivity contribution in [2.45, 2.75) is 57.3 Å². The maximum Gasteiger partial charge on any atom is 0.408 e. The van der Waals surface area contributed by atoms with E-state index in [1.54, 1.807) is 13.0 Å². The number of allylic oxidation sites excluding steroid dienone is 1. The molecule has 0 saturated carbocycles. The van der Waals surface area contributed by atoms with Crippen LogP contribution >= 0.6 is 0 Å². The van der Waals surface area contributed by atoms with Crippen LogP contribution in [0.2, 0.25) is 0 Å². The molecule has 4 atom stereocenters. The molecule has 0 fully saturated rings. The normalized spacial score (nSPS) is 13.4. The first-order valence-corrected chi connectivity index (χ1v) is 13.9. The van der Waals surface area contributed by atoms with Gasteiger partial charge in [0.1, 0.15) is 19.3 Å². The van der Waals surface area contributed by atoms with Crippen LogP contribution in [0.25, 0.3) is 0 Å². The van der Waals surface area contributed by atoms with Crippen molar-refractivity contribution in [1.82, 2.24) is 16.0 Å². The minimum atomic E-state index is -1.04. The maximum absolute atomic E-state index is 13.2. The van der Waals surface area contributed by atoms with Crippen LogP contribution in [0.4, 0.5) is 4.79 Å². The Kier molecular flexibility index (Phi) is 15.1. The third-order valence-electron chi connectivity index (χ3n) is 6.22. The van der Waals surface area contributed by atoms with Crippen molar-refractivity contribution in [2.24, 2.45) is 5.92 Å². The van der Waals surface area contributed by atoms with Crippen LogP contribution in [0, 0.1) is 5.92 Å². The summed E-state index contributed by atoms with van der Waals surface area (Å²) in [5, 5.41) is 17.3. The van der Waals surface area contributed by atoms with E-state index < -0.39 is 42.0 Å². The van der Waals surface area contributed by atoms with Gasteiger partial charge in [0, 0.05) is 12.5 Å². The number of rotatable bonds is 18. The van der Waals surface area contributed by atoms with Crippen molar-refractivity contribution in [3.8, 4) is 0 Å². The highest BCUT2D eigenvalue weighted by Gasteiger charge is 2.27. The molecule has 0 radical (unpaired) electrons. The highest BCUT2D eigenvalue weighted by molar-refractivity contribution is 5.86. The molecule has 226 valence electrons. The Morgan fingerprint density at radius 1 is 0.857 bits per heavy atom. The SMILES string of the molecule is C=CC[C@H](CC(=O)N[C@@H](C)CO)C(=O)N[C@@H](COC(=O)[C@@H](CC=C)NC(=O)OCc1ccccc1)Cc1ccccc1. The molecule has 0 spiro atoms. The number of hydrogen-bond donors (Lipinski definition) is 4. The molecule has 2 aromatic rings. The predicted octanol–water partition coefficient (Wildman–Crippen LogP) is 3.21. The summed E-state index contributed by atoms with van der Waals surface area (Å²) in [4.78, 5) is 50.9. The second-order valence-corrected chi connectivity index (χ2v) is 9.88. The molecule has 0 aliphatic heterocycles. The smallest absolute Gasteiger partial charge is 0.408 e.